The van der Waals surface area contributed by atoms with E-state index in [2.05, 4.69) is 36.2 Å². The van der Waals surface area contributed by atoms with Gasteiger partial charge in [0.15, 0.2) is 5.67 Å². The SMILES string of the molecule is CNc1nc(Nc2ccc(C(=O)N3CCC(CCC[C@H]4CC[C@H](CSC(C)(C)[C@H](NC(=O)C5(F)CC5)C(=O)N5C[C@H](O)CC5C(=O)N[C@@H](C)c5ccc(-c6scnc6C)cc5)CC4)CC3)cc2OC)ncc1Cl. The number of methoxy groups -OCH3 is 1. The molecule has 15 nitrogen and oxygen atoms in total. The van der Waals surface area contributed by atoms with Crippen molar-refractivity contribution in [3.05, 3.63) is 76.0 Å². The Kier molecular flexibility index (Phi) is 17.6. The molecule has 4 heterocycles. The van der Waals surface area contributed by atoms with Crippen LogP contribution in [-0.2, 0) is 14.4 Å². The van der Waals surface area contributed by atoms with Crippen LogP contribution in [0.2, 0.25) is 5.02 Å². The molecule has 4 fully saturated rings. The van der Waals surface area contributed by atoms with Gasteiger partial charge in [-0.25, -0.2) is 14.4 Å². The first-order chi connectivity index (χ1) is 34.9. The molecule has 0 radical (unpaired) electrons. The van der Waals surface area contributed by atoms with Crippen LogP contribution >= 0.6 is 34.7 Å². The number of carbonyl (C=O) groups is 4. The van der Waals surface area contributed by atoms with E-state index in [1.54, 1.807) is 55.5 Å². The van der Waals surface area contributed by atoms with Gasteiger partial charge in [0.25, 0.3) is 11.8 Å². The molecule has 394 valence electrons. The summed E-state index contributed by atoms with van der Waals surface area (Å²) in [5.41, 5.74) is 3.92. The average Bonchev–Trinajstić information content (AvgIpc) is 3.80. The third-order valence-electron chi connectivity index (χ3n) is 15.4. The van der Waals surface area contributed by atoms with Crippen LogP contribution in [0.1, 0.15) is 125 Å². The zero-order valence-electron chi connectivity index (χ0n) is 42.8. The number of thiazole rings is 1. The number of ether oxygens (including phenoxy) is 1. The zero-order chi connectivity index (χ0) is 52.0. The van der Waals surface area contributed by atoms with Gasteiger partial charge in [0, 0.05) is 43.4 Å². The Morgan fingerprint density at radius 3 is 2.32 bits per heavy atom. The number of likely N-dealkylation sites (tertiary alicyclic amines) is 2. The minimum atomic E-state index is -1.99. The molecular weight excluding hydrogens is 989 g/mol. The molecule has 2 saturated heterocycles. The molecule has 4 atom stereocenters. The van der Waals surface area contributed by atoms with Crippen LogP contribution in [0.5, 0.6) is 5.75 Å². The third-order valence-corrected chi connectivity index (χ3v) is 18.3. The number of aliphatic hydroxyl groups excluding tert-OH is 1. The summed E-state index contributed by atoms with van der Waals surface area (Å²) < 4.78 is 20.0. The van der Waals surface area contributed by atoms with Crippen molar-refractivity contribution in [2.45, 2.75) is 139 Å². The molecule has 2 aliphatic heterocycles. The number of hydrogen-bond acceptors (Lipinski definition) is 13. The number of hydrogen-bond donors (Lipinski definition) is 5. The summed E-state index contributed by atoms with van der Waals surface area (Å²) in [6, 6.07) is 10.9. The van der Waals surface area contributed by atoms with E-state index >= 15 is 4.39 Å². The van der Waals surface area contributed by atoms with E-state index in [0.717, 1.165) is 91.9 Å². The van der Waals surface area contributed by atoms with Gasteiger partial charge in [0.05, 0.1) is 47.2 Å². The van der Waals surface area contributed by atoms with Gasteiger partial charge < -0.3 is 40.9 Å². The summed E-state index contributed by atoms with van der Waals surface area (Å²) in [6.45, 7) is 9.07. The number of thioether (sulfide) groups is 1. The smallest absolute Gasteiger partial charge is 0.258 e. The Hall–Kier alpha value is -5.04. The predicted octanol–water partition coefficient (Wildman–Crippen LogP) is 9.52. The number of nitrogens with one attached hydrogen (secondary N) is 4. The summed E-state index contributed by atoms with van der Waals surface area (Å²) in [5, 5.41) is 23.2. The third kappa shape index (κ3) is 13.3. The monoisotopic (exact) mass is 1060 g/mol. The first kappa shape index (κ1) is 54.2. The molecule has 2 aromatic heterocycles. The van der Waals surface area contributed by atoms with Crippen molar-refractivity contribution < 1.29 is 33.4 Å². The molecule has 8 rings (SSSR count). The molecule has 73 heavy (non-hydrogen) atoms. The van der Waals surface area contributed by atoms with Crippen LogP contribution in [0, 0.1) is 24.7 Å². The lowest BCUT2D eigenvalue weighted by atomic mass is 9.79. The van der Waals surface area contributed by atoms with Gasteiger partial charge in [-0.05, 0) is 119 Å². The number of aliphatic hydroxyl groups is 1. The summed E-state index contributed by atoms with van der Waals surface area (Å²) >= 11 is 9.33. The molecule has 4 aromatic rings. The second-order valence-corrected chi connectivity index (χ2v) is 24.0. The number of rotatable bonds is 20. The topological polar surface area (TPSA) is 191 Å². The van der Waals surface area contributed by atoms with Crippen molar-refractivity contribution in [1.82, 2.24) is 35.4 Å². The fourth-order valence-corrected chi connectivity index (χ4v) is 12.9. The summed E-state index contributed by atoms with van der Waals surface area (Å²) in [6.07, 6.45) is 10.8. The number of benzene rings is 2. The minimum absolute atomic E-state index is 0.00760. The lowest BCUT2D eigenvalue weighted by molar-refractivity contribution is -0.143. The van der Waals surface area contributed by atoms with Crippen molar-refractivity contribution >= 4 is 75.8 Å². The van der Waals surface area contributed by atoms with Gasteiger partial charge in [-0.2, -0.15) is 16.7 Å². The summed E-state index contributed by atoms with van der Waals surface area (Å²) in [5.74, 6) is 2.15. The Bertz CT molecular complexity index is 2580. The number of carbonyl (C=O) groups excluding carboxylic acids is 4. The van der Waals surface area contributed by atoms with E-state index in [1.165, 1.54) is 17.5 Å². The summed E-state index contributed by atoms with van der Waals surface area (Å²) in [4.78, 5) is 72.8. The van der Waals surface area contributed by atoms with Gasteiger partial charge in [-0.15, -0.1) is 11.3 Å². The van der Waals surface area contributed by atoms with Gasteiger partial charge in [-0.1, -0.05) is 68.0 Å². The summed E-state index contributed by atoms with van der Waals surface area (Å²) in [7, 11) is 3.30. The van der Waals surface area contributed by atoms with E-state index in [1.807, 2.05) is 62.4 Å². The maximum Gasteiger partial charge on any atom is 0.258 e. The van der Waals surface area contributed by atoms with Crippen molar-refractivity contribution in [3.8, 4) is 16.2 Å². The van der Waals surface area contributed by atoms with Crippen LogP contribution in [0.15, 0.2) is 54.2 Å². The Labute approximate surface area is 442 Å². The number of piperidine rings is 1. The van der Waals surface area contributed by atoms with Crippen molar-refractivity contribution in [2.24, 2.45) is 17.8 Å². The number of nitrogens with zero attached hydrogens (tertiary/aromatic N) is 5. The lowest BCUT2D eigenvalue weighted by Crippen LogP contribution is -2.61. The van der Waals surface area contributed by atoms with Gasteiger partial charge in [0.2, 0.25) is 17.8 Å². The maximum absolute atomic E-state index is 15.2. The van der Waals surface area contributed by atoms with E-state index in [9.17, 15) is 24.3 Å². The van der Waals surface area contributed by atoms with E-state index in [0.29, 0.717) is 51.5 Å². The fraction of sp³-hybridized carbons (Fsp3) is 0.574. The highest BCUT2D eigenvalue weighted by molar-refractivity contribution is 8.00. The Morgan fingerprint density at radius 2 is 1.67 bits per heavy atom. The second kappa shape index (κ2) is 23.7. The van der Waals surface area contributed by atoms with Gasteiger partial charge >= 0.3 is 0 Å². The number of alkyl halides is 1. The number of β-amino-alcohol motifs (C(OH)–C–C–N with tert-alkyl or cyclic N) is 1. The number of halogens is 2. The molecule has 19 heteroatoms. The molecule has 0 spiro atoms. The first-order valence-corrected chi connectivity index (χ1v) is 28.1. The highest BCUT2D eigenvalue weighted by Gasteiger charge is 2.54. The number of amides is 4. The minimum Gasteiger partial charge on any atom is -0.495 e. The molecule has 4 amide bonds. The van der Waals surface area contributed by atoms with Gasteiger partial charge in [-0.3, -0.25) is 19.2 Å². The Morgan fingerprint density at radius 1 is 0.986 bits per heavy atom. The molecule has 2 aromatic carbocycles. The van der Waals surface area contributed by atoms with E-state index in [4.69, 9.17) is 16.3 Å². The molecule has 1 unspecified atom stereocenters. The molecular formula is C54H71ClFN9O6S2. The van der Waals surface area contributed by atoms with Crippen LogP contribution in [0.25, 0.3) is 10.4 Å². The molecule has 4 aliphatic rings. The second-order valence-electron chi connectivity index (χ2n) is 21.0. The normalized spacial score (nSPS) is 21.8. The number of aryl methyl sites for hydroxylation is 1. The molecule has 5 N–H and O–H groups in total. The highest BCUT2D eigenvalue weighted by atomic mass is 35.5. The highest BCUT2D eigenvalue weighted by Crippen LogP contribution is 2.43. The van der Waals surface area contributed by atoms with Crippen molar-refractivity contribution in [2.75, 3.05) is 50.2 Å². The quantitative estimate of drug-likeness (QED) is 0.0565. The Balaban J connectivity index is 0.782. The lowest BCUT2D eigenvalue weighted by Gasteiger charge is -2.39. The standard InChI is InChI=1S/C54H71ClFN9O6S2/c1-32(37-14-16-38(17-15-37)45-33(2)59-31-72-45)60-48(67)43-27-40(66)29-65(43)50(69)46(62-51(70)54(56)22-23-54)53(3,4)73-30-36-12-10-34(11-13-36)8-7-9-35-20-24-64(25-21-35)49(68)39-18-19-42(44(26-39)71-6)61-52-58-28-41(55)47(57-5)63-52/h14-19,26,28,31-32,34-36,40,43,46,66H,7-13,20-25,27,29-30H2,1-6H3,(H,60,67)(H,62,70)(H2,57,58,61,63)/t32-,34-,36-,40+,43?,46+/m0/s1. The zero-order valence-corrected chi connectivity index (χ0v) is 45.2. The van der Waals surface area contributed by atoms with Gasteiger partial charge in [0.1, 0.15) is 28.7 Å². The van der Waals surface area contributed by atoms with Crippen LogP contribution < -0.4 is 26.0 Å². The van der Waals surface area contributed by atoms with E-state index < -0.39 is 40.4 Å². The molecule has 0 bridgehead atoms. The fourth-order valence-electron chi connectivity index (χ4n) is 10.6. The van der Waals surface area contributed by atoms with Crippen LogP contribution in [0.4, 0.5) is 21.8 Å². The maximum atomic E-state index is 15.2. The van der Waals surface area contributed by atoms with Crippen LogP contribution in [0.3, 0.4) is 0 Å². The predicted molar refractivity (Wildman–Crippen MR) is 287 cm³/mol. The number of anilines is 3. The van der Waals surface area contributed by atoms with E-state index in [-0.39, 0.29) is 43.7 Å². The van der Waals surface area contributed by atoms with Crippen molar-refractivity contribution in [3.63, 3.8) is 0 Å². The first-order valence-electron chi connectivity index (χ1n) is 25.8. The number of aromatic nitrogens is 3. The van der Waals surface area contributed by atoms with Crippen LogP contribution in [-0.4, -0.2) is 122 Å². The molecule has 2 aliphatic carbocycles. The molecule has 2 saturated carbocycles. The largest absolute Gasteiger partial charge is 0.495 e. The van der Waals surface area contributed by atoms with Crippen molar-refractivity contribution in [1.29, 1.82) is 0 Å². The average molecular weight is 1060 g/mol.